The summed E-state index contributed by atoms with van der Waals surface area (Å²) in [5, 5.41) is 2.06. The number of sulfonamides is 1. The molecule has 1 heterocycles. The molecule has 0 atom stereocenters. The Bertz CT molecular complexity index is 1200. The molecule has 0 saturated carbocycles. The van der Waals surface area contributed by atoms with E-state index in [9.17, 15) is 22.0 Å². The summed E-state index contributed by atoms with van der Waals surface area (Å²) < 4.78 is 53.9. The quantitative estimate of drug-likeness (QED) is 0.639. The first kappa shape index (κ1) is 20.4. The molecular weight excluding hydrogens is 410 g/mol. The summed E-state index contributed by atoms with van der Waals surface area (Å²) in [5.74, 6) is -1.91. The van der Waals surface area contributed by atoms with E-state index < -0.39 is 26.6 Å². The predicted octanol–water partition coefficient (Wildman–Crippen LogP) is 3.19. The van der Waals surface area contributed by atoms with Crippen LogP contribution >= 0.6 is 0 Å². The molecule has 0 bridgehead atoms. The summed E-state index contributed by atoms with van der Waals surface area (Å²) in [7, 11) is -4.17. The van der Waals surface area contributed by atoms with Crippen LogP contribution in [0.1, 0.15) is 5.56 Å². The smallest absolute Gasteiger partial charge is 0.246 e. The molecule has 4 rings (SSSR count). The van der Waals surface area contributed by atoms with Crippen molar-refractivity contribution in [3.05, 3.63) is 77.9 Å². The van der Waals surface area contributed by atoms with Gasteiger partial charge in [0.15, 0.2) is 0 Å². The van der Waals surface area contributed by atoms with Crippen molar-refractivity contribution in [1.29, 1.82) is 0 Å². The molecule has 0 aliphatic carbocycles. The molecule has 1 aliphatic rings. The average molecular weight is 430 g/mol. The molecule has 0 unspecified atom stereocenters. The fraction of sp³-hybridized carbons (Fsp3) is 0.227. The molecular formula is C22H20F2N2O3S. The summed E-state index contributed by atoms with van der Waals surface area (Å²) >= 11 is 0. The van der Waals surface area contributed by atoms with E-state index in [0.717, 1.165) is 32.8 Å². The summed E-state index contributed by atoms with van der Waals surface area (Å²) in [4.78, 5) is 13.7. The molecule has 3 aromatic carbocycles. The van der Waals surface area contributed by atoms with Gasteiger partial charge in [-0.3, -0.25) is 4.79 Å². The van der Waals surface area contributed by atoms with Gasteiger partial charge < -0.3 is 4.90 Å². The lowest BCUT2D eigenvalue weighted by molar-refractivity contribution is -0.131. The minimum absolute atomic E-state index is 0.0273. The zero-order valence-corrected chi connectivity index (χ0v) is 16.9. The molecule has 0 radical (unpaired) electrons. The van der Waals surface area contributed by atoms with Gasteiger partial charge in [0, 0.05) is 26.2 Å². The first-order chi connectivity index (χ1) is 14.4. The van der Waals surface area contributed by atoms with Crippen LogP contribution in [-0.4, -0.2) is 49.7 Å². The van der Waals surface area contributed by atoms with E-state index in [1.807, 2.05) is 42.5 Å². The van der Waals surface area contributed by atoms with E-state index in [1.165, 1.54) is 0 Å². The minimum atomic E-state index is -4.17. The van der Waals surface area contributed by atoms with Crippen molar-refractivity contribution in [3.8, 4) is 0 Å². The van der Waals surface area contributed by atoms with Gasteiger partial charge in [-0.05, 0) is 34.5 Å². The van der Waals surface area contributed by atoms with Gasteiger partial charge in [0.1, 0.15) is 16.5 Å². The Morgan fingerprint density at radius 1 is 0.900 bits per heavy atom. The van der Waals surface area contributed by atoms with E-state index in [-0.39, 0.29) is 38.5 Å². The second-order valence-corrected chi connectivity index (χ2v) is 9.08. The van der Waals surface area contributed by atoms with Crippen molar-refractivity contribution in [2.75, 3.05) is 26.2 Å². The number of benzene rings is 3. The van der Waals surface area contributed by atoms with Crippen LogP contribution in [0.3, 0.4) is 0 Å². The largest absolute Gasteiger partial charge is 0.340 e. The van der Waals surface area contributed by atoms with Crippen LogP contribution in [0.5, 0.6) is 0 Å². The van der Waals surface area contributed by atoms with E-state index in [4.69, 9.17) is 0 Å². The van der Waals surface area contributed by atoms with Gasteiger partial charge >= 0.3 is 0 Å². The Hall–Kier alpha value is -2.84. The average Bonchev–Trinajstić information content (AvgIpc) is 2.75. The number of piperazine rings is 1. The third-order valence-corrected chi connectivity index (χ3v) is 7.24. The van der Waals surface area contributed by atoms with Gasteiger partial charge in [0.2, 0.25) is 15.9 Å². The number of halogens is 2. The zero-order valence-electron chi connectivity index (χ0n) is 16.1. The van der Waals surface area contributed by atoms with Crippen molar-refractivity contribution in [2.24, 2.45) is 0 Å². The van der Waals surface area contributed by atoms with Crippen LogP contribution in [0.2, 0.25) is 0 Å². The van der Waals surface area contributed by atoms with E-state index in [0.29, 0.717) is 6.07 Å². The summed E-state index contributed by atoms with van der Waals surface area (Å²) in [6.07, 6.45) is 0.215. The van der Waals surface area contributed by atoms with Crippen LogP contribution in [0.25, 0.3) is 10.8 Å². The Kier molecular flexibility index (Phi) is 5.53. The van der Waals surface area contributed by atoms with E-state index in [2.05, 4.69) is 0 Å². The molecule has 8 heteroatoms. The molecule has 0 N–H and O–H groups in total. The third kappa shape index (κ3) is 3.93. The topological polar surface area (TPSA) is 57.7 Å². The molecule has 1 fully saturated rings. The Morgan fingerprint density at radius 2 is 1.60 bits per heavy atom. The maximum absolute atomic E-state index is 14.0. The van der Waals surface area contributed by atoms with Crippen molar-refractivity contribution in [1.82, 2.24) is 9.21 Å². The number of carbonyl (C=O) groups excluding carboxylic acids is 1. The first-order valence-corrected chi connectivity index (χ1v) is 11.0. The van der Waals surface area contributed by atoms with Crippen LogP contribution in [0.15, 0.2) is 65.6 Å². The highest BCUT2D eigenvalue weighted by molar-refractivity contribution is 7.89. The second kappa shape index (κ2) is 8.12. The summed E-state index contributed by atoms with van der Waals surface area (Å²) in [6, 6.07) is 16.0. The number of amides is 1. The maximum Gasteiger partial charge on any atom is 0.246 e. The Balaban J connectivity index is 1.45. The first-order valence-electron chi connectivity index (χ1n) is 9.56. The van der Waals surface area contributed by atoms with Gasteiger partial charge in [-0.15, -0.1) is 0 Å². The van der Waals surface area contributed by atoms with E-state index in [1.54, 1.807) is 4.90 Å². The molecule has 1 aliphatic heterocycles. The normalized spacial score (nSPS) is 15.5. The lowest BCUT2D eigenvalue weighted by Gasteiger charge is -2.34. The fourth-order valence-electron chi connectivity index (χ4n) is 3.71. The zero-order chi connectivity index (χ0) is 21.3. The third-order valence-electron chi connectivity index (χ3n) is 5.32. The number of hydrogen-bond donors (Lipinski definition) is 0. The van der Waals surface area contributed by atoms with Gasteiger partial charge in [-0.25, -0.2) is 17.2 Å². The van der Waals surface area contributed by atoms with E-state index >= 15 is 0 Å². The number of fused-ring (bicyclic) bond motifs is 1. The van der Waals surface area contributed by atoms with Crippen molar-refractivity contribution in [2.45, 2.75) is 11.3 Å². The maximum atomic E-state index is 14.0. The van der Waals surface area contributed by atoms with Crippen molar-refractivity contribution < 1.29 is 22.0 Å². The lowest BCUT2D eigenvalue weighted by atomic mass is 10.0. The monoisotopic (exact) mass is 430 g/mol. The van der Waals surface area contributed by atoms with Crippen LogP contribution in [0.4, 0.5) is 8.78 Å². The number of hydrogen-bond acceptors (Lipinski definition) is 3. The molecule has 1 saturated heterocycles. The Labute approximate surface area is 173 Å². The molecule has 30 heavy (non-hydrogen) atoms. The fourth-order valence-corrected chi connectivity index (χ4v) is 5.21. The number of rotatable bonds is 4. The van der Waals surface area contributed by atoms with Gasteiger partial charge in [-0.1, -0.05) is 42.5 Å². The highest BCUT2D eigenvalue weighted by Gasteiger charge is 2.32. The Morgan fingerprint density at radius 3 is 2.37 bits per heavy atom. The van der Waals surface area contributed by atoms with Gasteiger partial charge in [0.05, 0.1) is 6.42 Å². The summed E-state index contributed by atoms with van der Waals surface area (Å²) in [6.45, 7) is 0.443. The standard InChI is InChI=1S/C22H20F2N2O3S/c23-18-8-9-20(24)21(15-18)30(28,29)26-12-10-25(11-13-26)22(27)14-17-6-3-5-16-4-1-2-7-19(16)17/h1-9,15H,10-14H2. The molecule has 156 valence electrons. The van der Waals surface area contributed by atoms with Gasteiger partial charge in [-0.2, -0.15) is 4.31 Å². The molecule has 0 spiro atoms. The number of nitrogens with zero attached hydrogens (tertiary/aromatic N) is 2. The lowest BCUT2D eigenvalue weighted by Crippen LogP contribution is -2.51. The SMILES string of the molecule is O=C(Cc1cccc2ccccc12)N1CCN(S(=O)(=O)c2cc(F)ccc2F)CC1. The highest BCUT2D eigenvalue weighted by atomic mass is 32.2. The van der Waals surface area contributed by atoms with Crippen molar-refractivity contribution in [3.63, 3.8) is 0 Å². The van der Waals surface area contributed by atoms with Crippen LogP contribution < -0.4 is 0 Å². The molecule has 3 aromatic rings. The predicted molar refractivity (Wildman–Crippen MR) is 109 cm³/mol. The van der Waals surface area contributed by atoms with Gasteiger partial charge in [0.25, 0.3) is 0 Å². The summed E-state index contributed by atoms with van der Waals surface area (Å²) in [5.41, 5.74) is 0.912. The second-order valence-electron chi connectivity index (χ2n) is 7.17. The molecule has 5 nitrogen and oxygen atoms in total. The van der Waals surface area contributed by atoms with Crippen LogP contribution in [-0.2, 0) is 21.2 Å². The van der Waals surface area contributed by atoms with Crippen LogP contribution in [0, 0.1) is 11.6 Å². The molecule has 0 aromatic heterocycles. The number of carbonyl (C=O) groups is 1. The minimum Gasteiger partial charge on any atom is -0.340 e. The molecule has 1 amide bonds. The highest BCUT2D eigenvalue weighted by Crippen LogP contribution is 2.23. The van der Waals surface area contributed by atoms with Crippen molar-refractivity contribution >= 4 is 26.7 Å².